The summed E-state index contributed by atoms with van der Waals surface area (Å²) in [6.07, 6.45) is 3.49. The van der Waals surface area contributed by atoms with Gasteiger partial charge in [0.05, 0.1) is 7.11 Å². The fraction of sp³-hybridized carbons (Fsp3) is 0.647. The summed E-state index contributed by atoms with van der Waals surface area (Å²) in [5.41, 5.74) is 2.41. The van der Waals surface area contributed by atoms with E-state index < -0.39 is 0 Å². The highest BCUT2D eigenvalue weighted by atomic mass is 16.5. The Morgan fingerprint density at radius 3 is 2.62 bits per heavy atom. The van der Waals surface area contributed by atoms with Crippen molar-refractivity contribution in [1.82, 2.24) is 4.90 Å². The van der Waals surface area contributed by atoms with Gasteiger partial charge in [0.2, 0.25) is 0 Å². The van der Waals surface area contributed by atoms with E-state index in [2.05, 4.69) is 30.1 Å². The summed E-state index contributed by atoms with van der Waals surface area (Å²) in [6, 6.07) is 6.07. The van der Waals surface area contributed by atoms with Gasteiger partial charge in [-0.1, -0.05) is 13.8 Å². The topological polar surface area (TPSA) is 44.7 Å². The molecule has 0 amide bonds. The smallest absolute Gasteiger partial charge is 0.119 e. The second kappa shape index (κ2) is 7.14. The molecular weight excluding hydrogens is 264 g/mol. The normalized spacial score (nSPS) is 18.5. The first kappa shape index (κ1) is 16.1. The molecule has 118 valence electrons. The predicted octanol–water partition coefficient (Wildman–Crippen LogP) is 2.82. The number of methoxy groups -OCH3 is 1. The minimum atomic E-state index is -0.0443. The number of ether oxygens (including phenoxy) is 1. The van der Waals surface area contributed by atoms with Gasteiger partial charge in [-0.25, -0.2) is 0 Å². The van der Waals surface area contributed by atoms with Crippen molar-refractivity contribution in [3.8, 4) is 5.75 Å². The summed E-state index contributed by atoms with van der Waals surface area (Å²) in [7, 11) is 1.70. The van der Waals surface area contributed by atoms with E-state index in [4.69, 9.17) is 4.74 Å². The number of rotatable bonds is 6. The lowest BCUT2D eigenvalue weighted by molar-refractivity contribution is 0.169. The van der Waals surface area contributed by atoms with Crippen molar-refractivity contribution >= 4 is 5.69 Å². The standard InChI is InChI=1S/C17H28N2O2/c1-4-9-19-10-7-17(2,8-11-19)15-12-14(21-3)5-6-16(15)18-13-20/h5-6,12,18,20H,4,7-11,13H2,1-3H3. The average molecular weight is 292 g/mol. The third-order valence-electron chi connectivity index (χ3n) is 4.65. The minimum Gasteiger partial charge on any atom is -0.497 e. The van der Waals surface area contributed by atoms with Crippen molar-refractivity contribution < 1.29 is 9.84 Å². The van der Waals surface area contributed by atoms with Gasteiger partial charge in [0.25, 0.3) is 0 Å². The summed E-state index contributed by atoms with van der Waals surface area (Å²) < 4.78 is 5.38. The Balaban J connectivity index is 2.22. The van der Waals surface area contributed by atoms with E-state index in [1.807, 2.05) is 12.1 Å². The van der Waals surface area contributed by atoms with Gasteiger partial charge in [-0.3, -0.25) is 0 Å². The number of aliphatic hydroxyl groups excluding tert-OH is 1. The second-order valence-corrected chi connectivity index (χ2v) is 6.15. The van der Waals surface area contributed by atoms with E-state index >= 15 is 0 Å². The van der Waals surface area contributed by atoms with Crippen molar-refractivity contribution in [3.05, 3.63) is 23.8 Å². The van der Waals surface area contributed by atoms with Gasteiger partial charge in [-0.05, 0) is 68.1 Å². The Hall–Kier alpha value is -1.26. The summed E-state index contributed by atoms with van der Waals surface area (Å²) in [5.74, 6) is 0.880. The van der Waals surface area contributed by atoms with Crippen molar-refractivity contribution in [2.45, 2.75) is 38.5 Å². The second-order valence-electron chi connectivity index (χ2n) is 6.15. The van der Waals surface area contributed by atoms with Crippen LogP contribution < -0.4 is 10.1 Å². The molecule has 1 heterocycles. The third-order valence-corrected chi connectivity index (χ3v) is 4.65. The number of anilines is 1. The number of likely N-dealkylation sites (tertiary alicyclic amines) is 1. The highest BCUT2D eigenvalue weighted by Crippen LogP contribution is 2.40. The molecule has 1 aliphatic heterocycles. The van der Waals surface area contributed by atoms with Crippen LogP contribution in [0.2, 0.25) is 0 Å². The molecular formula is C17H28N2O2. The van der Waals surface area contributed by atoms with Crippen LogP contribution in [-0.4, -0.2) is 43.5 Å². The molecule has 4 heteroatoms. The van der Waals surface area contributed by atoms with Crippen LogP contribution in [0.1, 0.15) is 38.7 Å². The number of hydrogen-bond acceptors (Lipinski definition) is 4. The fourth-order valence-corrected chi connectivity index (χ4v) is 3.24. The van der Waals surface area contributed by atoms with Crippen molar-refractivity contribution in [2.75, 3.05) is 38.8 Å². The molecule has 4 nitrogen and oxygen atoms in total. The van der Waals surface area contributed by atoms with Gasteiger partial charge >= 0.3 is 0 Å². The Labute approximate surface area is 128 Å². The van der Waals surface area contributed by atoms with Gasteiger partial charge in [0.15, 0.2) is 0 Å². The van der Waals surface area contributed by atoms with Crippen LogP contribution in [0.3, 0.4) is 0 Å². The van der Waals surface area contributed by atoms with Crippen LogP contribution in [0.5, 0.6) is 5.75 Å². The van der Waals surface area contributed by atoms with Crippen LogP contribution >= 0.6 is 0 Å². The van der Waals surface area contributed by atoms with E-state index in [-0.39, 0.29) is 12.1 Å². The Bertz CT molecular complexity index is 454. The van der Waals surface area contributed by atoms with Gasteiger partial charge < -0.3 is 20.1 Å². The molecule has 1 fully saturated rings. The Morgan fingerprint density at radius 2 is 2.05 bits per heavy atom. The summed E-state index contributed by atoms with van der Waals surface area (Å²) in [4.78, 5) is 2.54. The number of aliphatic hydroxyl groups is 1. The van der Waals surface area contributed by atoms with E-state index in [1.165, 1.54) is 18.5 Å². The summed E-state index contributed by atoms with van der Waals surface area (Å²) in [5, 5.41) is 12.3. The van der Waals surface area contributed by atoms with Gasteiger partial charge in [0, 0.05) is 5.69 Å². The number of benzene rings is 1. The zero-order valence-electron chi connectivity index (χ0n) is 13.5. The largest absolute Gasteiger partial charge is 0.497 e. The van der Waals surface area contributed by atoms with Crippen molar-refractivity contribution in [3.63, 3.8) is 0 Å². The number of hydrogen-bond donors (Lipinski definition) is 2. The zero-order chi connectivity index (χ0) is 15.3. The molecule has 0 radical (unpaired) electrons. The fourth-order valence-electron chi connectivity index (χ4n) is 3.24. The number of nitrogens with one attached hydrogen (secondary N) is 1. The number of piperidine rings is 1. The molecule has 0 aromatic heterocycles. The molecule has 1 aromatic carbocycles. The molecule has 0 bridgehead atoms. The van der Waals surface area contributed by atoms with Crippen molar-refractivity contribution in [1.29, 1.82) is 0 Å². The quantitative estimate of drug-likeness (QED) is 0.791. The van der Waals surface area contributed by atoms with Gasteiger partial charge in [0.1, 0.15) is 12.5 Å². The molecule has 1 aliphatic rings. The lowest BCUT2D eigenvalue weighted by Crippen LogP contribution is -2.41. The van der Waals surface area contributed by atoms with Gasteiger partial charge in [-0.2, -0.15) is 0 Å². The first-order chi connectivity index (χ1) is 10.1. The minimum absolute atomic E-state index is 0.0443. The molecule has 21 heavy (non-hydrogen) atoms. The average Bonchev–Trinajstić information content (AvgIpc) is 2.51. The molecule has 1 saturated heterocycles. The van der Waals surface area contributed by atoms with Crippen LogP contribution in [0.4, 0.5) is 5.69 Å². The maximum Gasteiger partial charge on any atom is 0.119 e. The van der Waals surface area contributed by atoms with Crippen LogP contribution in [0.25, 0.3) is 0 Å². The third kappa shape index (κ3) is 3.69. The maximum absolute atomic E-state index is 9.21. The molecule has 0 atom stereocenters. The lowest BCUT2D eigenvalue weighted by Gasteiger charge is -2.40. The monoisotopic (exact) mass is 292 g/mol. The molecule has 1 aromatic rings. The van der Waals surface area contributed by atoms with E-state index in [9.17, 15) is 5.11 Å². The molecule has 2 N–H and O–H groups in total. The summed E-state index contributed by atoms with van der Waals surface area (Å²) in [6.45, 7) is 7.99. The van der Waals surface area contributed by atoms with Crippen LogP contribution in [-0.2, 0) is 5.41 Å². The zero-order valence-corrected chi connectivity index (χ0v) is 13.5. The molecule has 0 aliphatic carbocycles. The maximum atomic E-state index is 9.21. The molecule has 0 saturated carbocycles. The highest BCUT2D eigenvalue weighted by Gasteiger charge is 2.33. The highest BCUT2D eigenvalue weighted by molar-refractivity contribution is 5.57. The van der Waals surface area contributed by atoms with E-state index in [0.717, 1.165) is 37.4 Å². The Kier molecular flexibility index (Phi) is 5.48. The van der Waals surface area contributed by atoms with Crippen LogP contribution in [0, 0.1) is 0 Å². The van der Waals surface area contributed by atoms with Crippen molar-refractivity contribution in [2.24, 2.45) is 0 Å². The first-order valence-electron chi connectivity index (χ1n) is 7.88. The predicted molar refractivity (Wildman–Crippen MR) is 87.0 cm³/mol. The number of nitrogens with zero attached hydrogens (tertiary/aromatic N) is 1. The van der Waals surface area contributed by atoms with Crippen LogP contribution in [0.15, 0.2) is 18.2 Å². The van der Waals surface area contributed by atoms with Gasteiger partial charge in [-0.15, -0.1) is 0 Å². The van der Waals surface area contributed by atoms with E-state index in [0.29, 0.717) is 0 Å². The molecule has 2 rings (SSSR count). The summed E-state index contributed by atoms with van der Waals surface area (Å²) >= 11 is 0. The molecule has 0 spiro atoms. The first-order valence-corrected chi connectivity index (χ1v) is 7.88. The molecule has 0 unspecified atom stereocenters. The SMILES string of the molecule is CCCN1CCC(C)(c2cc(OC)ccc2NCO)CC1. The Morgan fingerprint density at radius 1 is 1.33 bits per heavy atom. The van der Waals surface area contributed by atoms with E-state index in [1.54, 1.807) is 7.11 Å². The lowest BCUT2D eigenvalue weighted by atomic mass is 9.73.